The van der Waals surface area contributed by atoms with E-state index >= 15 is 0 Å². The van der Waals surface area contributed by atoms with Gasteiger partial charge in [-0.25, -0.2) is 0 Å². The maximum atomic E-state index is 11.2. The standard InChI is InChI=1S/C14H25NO2/c1-14(13(16)17)8-10-15(11-9-14)12-6-4-2-3-5-7-12/h12H,2-11H2,1H3,(H,16,17). The summed E-state index contributed by atoms with van der Waals surface area (Å²) in [6.07, 6.45) is 9.77. The largest absolute Gasteiger partial charge is 0.481 e. The number of hydrogen-bond acceptors (Lipinski definition) is 2. The van der Waals surface area contributed by atoms with Gasteiger partial charge in [-0.1, -0.05) is 25.7 Å². The molecule has 1 N–H and O–H groups in total. The number of likely N-dealkylation sites (tertiary alicyclic amines) is 1. The molecule has 0 unspecified atom stereocenters. The number of carboxylic acids is 1. The van der Waals surface area contributed by atoms with Crippen molar-refractivity contribution in [2.24, 2.45) is 5.41 Å². The number of aliphatic carboxylic acids is 1. The molecule has 17 heavy (non-hydrogen) atoms. The van der Waals surface area contributed by atoms with Crippen molar-refractivity contribution >= 4 is 5.97 Å². The first-order chi connectivity index (χ1) is 8.12. The molecule has 2 fully saturated rings. The number of hydrogen-bond donors (Lipinski definition) is 1. The molecule has 0 radical (unpaired) electrons. The Kier molecular flexibility index (Phi) is 4.08. The Morgan fingerprint density at radius 3 is 2.12 bits per heavy atom. The quantitative estimate of drug-likeness (QED) is 0.753. The summed E-state index contributed by atoms with van der Waals surface area (Å²) in [6.45, 7) is 3.86. The lowest BCUT2D eigenvalue weighted by Crippen LogP contribution is -2.46. The fraction of sp³-hybridized carbons (Fsp3) is 0.929. The van der Waals surface area contributed by atoms with E-state index in [1.807, 2.05) is 6.92 Å². The van der Waals surface area contributed by atoms with E-state index in [-0.39, 0.29) is 0 Å². The summed E-state index contributed by atoms with van der Waals surface area (Å²) >= 11 is 0. The molecule has 0 aromatic carbocycles. The zero-order valence-electron chi connectivity index (χ0n) is 11.0. The topological polar surface area (TPSA) is 40.5 Å². The number of nitrogens with zero attached hydrogens (tertiary/aromatic N) is 1. The molecule has 0 aromatic rings. The Labute approximate surface area is 104 Å². The maximum absolute atomic E-state index is 11.2. The molecule has 2 rings (SSSR count). The molecule has 1 aliphatic heterocycles. The van der Waals surface area contributed by atoms with Crippen LogP contribution in [0.2, 0.25) is 0 Å². The van der Waals surface area contributed by atoms with E-state index in [1.165, 1.54) is 38.5 Å². The first kappa shape index (κ1) is 12.9. The minimum Gasteiger partial charge on any atom is -0.481 e. The van der Waals surface area contributed by atoms with Gasteiger partial charge in [-0.05, 0) is 45.7 Å². The van der Waals surface area contributed by atoms with Crippen LogP contribution in [0, 0.1) is 5.41 Å². The molecule has 0 aromatic heterocycles. The van der Waals surface area contributed by atoms with Crippen molar-refractivity contribution in [1.82, 2.24) is 4.90 Å². The molecule has 0 amide bonds. The van der Waals surface area contributed by atoms with Crippen LogP contribution in [0.1, 0.15) is 58.3 Å². The molecular weight excluding hydrogens is 214 g/mol. The summed E-state index contributed by atoms with van der Waals surface area (Å²) < 4.78 is 0. The summed E-state index contributed by atoms with van der Waals surface area (Å²) in [6, 6.07) is 0.732. The molecule has 1 aliphatic carbocycles. The molecule has 1 heterocycles. The van der Waals surface area contributed by atoms with E-state index < -0.39 is 11.4 Å². The number of piperidine rings is 1. The van der Waals surface area contributed by atoms with Crippen LogP contribution in [0.3, 0.4) is 0 Å². The summed E-state index contributed by atoms with van der Waals surface area (Å²) in [7, 11) is 0. The monoisotopic (exact) mass is 239 g/mol. The second-order valence-corrected chi connectivity index (χ2v) is 6.05. The second kappa shape index (κ2) is 5.38. The Hall–Kier alpha value is -0.570. The Bertz CT molecular complexity index is 261. The van der Waals surface area contributed by atoms with Crippen molar-refractivity contribution in [3.05, 3.63) is 0 Å². The fourth-order valence-electron chi connectivity index (χ4n) is 3.22. The molecule has 0 atom stereocenters. The SMILES string of the molecule is CC1(C(=O)O)CCN(C2CCCCCC2)CC1. The zero-order valence-corrected chi connectivity index (χ0v) is 11.0. The third kappa shape index (κ3) is 3.01. The van der Waals surface area contributed by atoms with Crippen LogP contribution in [0.4, 0.5) is 0 Å². The highest BCUT2D eigenvalue weighted by Gasteiger charge is 2.38. The Morgan fingerprint density at radius 1 is 1.12 bits per heavy atom. The summed E-state index contributed by atoms with van der Waals surface area (Å²) in [5.74, 6) is -0.613. The molecule has 0 bridgehead atoms. The number of carboxylic acid groups (broad SMARTS) is 1. The van der Waals surface area contributed by atoms with Gasteiger partial charge in [0.15, 0.2) is 0 Å². The van der Waals surface area contributed by atoms with E-state index in [0.717, 1.165) is 32.0 Å². The molecular formula is C14H25NO2. The van der Waals surface area contributed by atoms with Crippen molar-refractivity contribution in [3.63, 3.8) is 0 Å². The van der Waals surface area contributed by atoms with Gasteiger partial charge in [0.25, 0.3) is 0 Å². The van der Waals surface area contributed by atoms with E-state index in [1.54, 1.807) is 0 Å². The van der Waals surface area contributed by atoms with Crippen LogP contribution in [0.25, 0.3) is 0 Å². The minimum absolute atomic E-state index is 0.471. The van der Waals surface area contributed by atoms with Gasteiger partial charge in [-0.3, -0.25) is 4.79 Å². The average molecular weight is 239 g/mol. The van der Waals surface area contributed by atoms with Gasteiger partial charge in [0.05, 0.1) is 5.41 Å². The summed E-state index contributed by atoms with van der Waals surface area (Å²) in [4.78, 5) is 13.7. The maximum Gasteiger partial charge on any atom is 0.309 e. The third-order valence-electron chi connectivity index (χ3n) is 4.76. The zero-order chi connectivity index (χ0) is 12.3. The first-order valence-corrected chi connectivity index (χ1v) is 7.09. The lowest BCUT2D eigenvalue weighted by Gasteiger charge is -2.40. The molecule has 1 saturated heterocycles. The van der Waals surface area contributed by atoms with Gasteiger partial charge in [-0.15, -0.1) is 0 Å². The van der Waals surface area contributed by atoms with E-state index in [4.69, 9.17) is 0 Å². The second-order valence-electron chi connectivity index (χ2n) is 6.05. The van der Waals surface area contributed by atoms with Crippen LogP contribution in [0.5, 0.6) is 0 Å². The van der Waals surface area contributed by atoms with Gasteiger partial charge in [0.2, 0.25) is 0 Å². The average Bonchev–Trinajstić information content (AvgIpc) is 2.58. The van der Waals surface area contributed by atoms with Gasteiger partial charge in [-0.2, -0.15) is 0 Å². The van der Waals surface area contributed by atoms with Gasteiger partial charge >= 0.3 is 5.97 Å². The summed E-state index contributed by atoms with van der Waals surface area (Å²) in [5.41, 5.74) is -0.471. The lowest BCUT2D eigenvalue weighted by molar-refractivity contribution is -0.151. The highest BCUT2D eigenvalue weighted by atomic mass is 16.4. The fourth-order valence-corrected chi connectivity index (χ4v) is 3.22. The van der Waals surface area contributed by atoms with Crippen molar-refractivity contribution in [3.8, 4) is 0 Å². The predicted octanol–water partition coefficient (Wildman–Crippen LogP) is 2.90. The van der Waals surface area contributed by atoms with E-state index in [2.05, 4.69) is 4.90 Å². The van der Waals surface area contributed by atoms with E-state index in [9.17, 15) is 9.90 Å². The minimum atomic E-state index is -0.613. The molecule has 3 heteroatoms. The van der Waals surface area contributed by atoms with Gasteiger partial charge < -0.3 is 10.0 Å². The number of carbonyl (C=O) groups is 1. The highest BCUT2D eigenvalue weighted by Crippen LogP contribution is 2.33. The molecule has 2 aliphatic rings. The smallest absolute Gasteiger partial charge is 0.309 e. The van der Waals surface area contributed by atoms with Crippen molar-refractivity contribution in [1.29, 1.82) is 0 Å². The van der Waals surface area contributed by atoms with Crippen LogP contribution < -0.4 is 0 Å². The molecule has 0 spiro atoms. The van der Waals surface area contributed by atoms with Crippen LogP contribution >= 0.6 is 0 Å². The van der Waals surface area contributed by atoms with Gasteiger partial charge in [0.1, 0.15) is 0 Å². The van der Waals surface area contributed by atoms with Crippen LogP contribution in [-0.2, 0) is 4.79 Å². The van der Waals surface area contributed by atoms with Crippen LogP contribution in [-0.4, -0.2) is 35.1 Å². The van der Waals surface area contributed by atoms with Crippen molar-refractivity contribution < 1.29 is 9.90 Å². The predicted molar refractivity (Wildman–Crippen MR) is 68.0 cm³/mol. The normalized spacial score (nSPS) is 27.6. The lowest BCUT2D eigenvalue weighted by atomic mass is 9.80. The Balaban J connectivity index is 1.87. The summed E-state index contributed by atoms with van der Waals surface area (Å²) in [5, 5.41) is 9.22. The molecule has 1 saturated carbocycles. The molecule has 3 nitrogen and oxygen atoms in total. The number of rotatable bonds is 2. The van der Waals surface area contributed by atoms with E-state index in [0.29, 0.717) is 0 Å². The van der Waals surface area contributed by atoms with Crippen LogP contribution in [0.15, 0.2) is 0 Å². The third-order valence-corrected chi connectivity index (χ3v) is 4.76. The van der Waals surface area contributed by atoms with Gasteiger partial charge in [0, 0.05) is 6.04 Å². The van der Waals surface area contributed by atoms with Crippen molar-refractivity contribution in [2.45, 2.75) is 64.3 Å². The first-order valence-electron chi connectivity index (χ1n) is 7.09. The Morgan fingerprint density at radius 2 is 1.65 bits per heavy atom. The molecule has 98 valence electrons. The van der Waals surface area contributed by atoms with Crippen molar-refractivity contribution in [2.75, 3.05) is 13.1 Å². The highest BCUT2D eigenvalue weighted by molar-refractivity contribution is 5.74.